The minimum absolute atomic E-state index is 0.0135. The third kappa shape index (κ3) is 3.71. The van der Waals surface area contributed by atoms with Crippen molar-refractivity contribution in [1.29, 1.82) is 0 Å². The number of nitrogens with zero attached hydrogens (tertiary/aromatic N) is 1. The fraction of sp³-hybridized carbons (Fsp3) is 0.0588. The van der Waals surface area contributed by atoms with E-state index in [4.69, 9.17) is 9.15 Å². The van der Waals surface area contributed by atoms with Gasteiger partial charge in [-0.1, -0.05) is 30.3 Å². The molecule has 0 unspecified atom stereocenters. The standard InChI is InChI=1S/C17H13NO3S/c19-17(7-6-13-8-9-22-12-13)20-11-16-18-10-15(21-16)14-4-2-1-3-5-14/h1-10,12H,11H2/b7-6+. The van der Waals surface area contributed by atoms with E-state index >= 15 is 0 Å². The van der Waals surface area contributed by atoms with Crippen molar-refractivity contribution >= 4 is 23.4 Å². The molecule has 4 nitrogen and oxygen atoms in total. The lowest BCUT2D eigenvalue weighted by Gasteiger charge is -1.98. The first kappa shape index (κ1) is 14.3. The van der Waals surface area contributed by atoms with Crippen LogP contribution in [-0.2, 0) is 16.1 Å². The van der Waals surface area contributed by atoms with Gasteiger partial charge < -0.3 is 9.15 Å². The number of carbonyl (C=O) groups is 1. The zero-order chi connectivity index (χ0) is 15.2. The van der Waals surface area contributed by atoms with Gasteiger partial charge in [-0.15, -0.1) is 0 Å². The van der Waals surface area contributed by atoms with E-state index in [1.54, 1.807) is 23.6 Å². The highest BCUT2D eigenvalue weighted by atomic mass is 32.1. The molecule has 0 saturated heterocycles. The molecule has 0 amide bonds. The molecule has 0 aliphatic rings. The summed E-state index contributed by atoms with van der Waals surface area (Å²) >= 11 is 1.57. The Morgan fingerprint density at radius 2 is 2.14 bits per heavy atom. The Bertz CT molecular complexity index is 760. The predicted octanol–water partition coefficient (Wildman–Crippen LogP) is 4.16. The minimum atomic E-state index is -0.425. The average Bonchev–Trinajstić information content (AvgIpc) is 3.23. The summed E-state index contributed by atoms with van der Waals surface area (Å²) in [6.07, 6.45) is 4.73. The van der Waals surface area contributed by atoms with Crippen molar-refractivity contribution in [3.63, 3.8) is 0 Å². The molecule has 2 heterocycles. The lowest BCUT2D eigenvalue weighted by molar-refractivity contribution is -0.139. The number of ether oxygens (including phenoxy) is 1. The van der Waals surface area contributed by atoms with E-state index in [1.165, 1.54) is 6.08 Å². The second kappa shape index (κ2) is 6.87. The molecular formula is C17H13NO3S. The maximum absolute atomic E-state index is 11.6. The summed E-state index contributed by atoms with van der Waals surface area (Å²) in [4.78, 5) is 15.7. The number of carbonyl (C=O) groups excluding carboxylic acids is 1. The first-order chi connectivity index (χ1) is 10.8. The number of aromatic nitrogens is 1. The molecule has 2 aromatic heterocycles. The van der Waals surface area contributed by atoms with Crippen molar-refractivity contribution in [2.24, 2.45) is 0 Å². The lowest BCUT2D eigenvalue weighted by atomic mass is 10.2. The van der Waals surface area contributed by atoms with Crippen molar-refractivity contribution in [3.8, 4) is 11.3 Å². The van der Waals surface area contributed by atoms with Crippen LogP contribution >= 0.6 is 11.3 Å². The maximum atomic E-state index is 11.6. The van der Waals surface area contributed by atoms with E-state index in [2.05, 4.69) is 4.98 Å². The third-order valence-electron chi connectivity index (χ3n) is 2.90. The molecule has 0 aliphatic heterocycles. The summed E-state index contributed by atoms with van der Waals surface area (Å²) in [5.41, 5.74) is 1.91. The minimum Gasteiger partial charge on any atom is -0.453 e. The normalized spacial score (nSPS) is 10.9. The van der Waals surface area contributed by atoms with Gasteiger partial charge in [0, 0.05) is 11.6 Å². The van der Waals surface area contributed by atoms with Crippen LogP contribution in [0.4, 0.5) is 0 Å². The first-order valence-corrected chi connectivity index (χ1v) is 7.63. The SMILES string of the molecule is O=C(/C=C/c1ccsc1)OCc1ncc(-c2ccccc2)o1. The quantitative estimate of drug-likeness (QED) is 0.524. The van der Waals surface area contributed by atoms with Gasteiger partial charge in [0.05, 0.1) is 6.20 Å². The van der Waals surface area contributed by atoms with E-state index in [1.807, 2.05) is 47.2 Å². The van der Waals surface area contributed by atoms with Crippen molar-refractivity contribution in [2.45, 2.75) is 6.61 Å². The molecule has 0 atom stereocenters. The topological polar surface area (TPSA) is 52.3 Å². The molecule has 22 heavy (non-hydrogen) atoms. The zero-order valence-corrected chi connectivity index (χ0v) is 12.5. The van der Waals surface area contributed by atoms with E-state index in [0.29, 0.717) is 11.7 Å². The van der Waals surface area contributed by atoms with Crippen LogP contribution in [0, 0.1) is 0 Å². The molecule has 0 radical (unpaired) electrons. The zero-order valence-electron chi connectivity index (χ0n) is 11.6. The summed E-state index contributed by atoms with van der Waals surface area (Å²) in [7, 11) is 0. The van der Waals surface area contributed by atoms with Gasteiger partial charge >= 0.3 is 5.97 Å². The number of esters is 1. The molecule has 0 saturated carbocycles. The molecule has 1 aromatic carbocycles. The van der Waals surface area contributed by atoms with Crippen LogP contribution in [0.2, 0.25) is 0 Å². The molecule has 0 aliphatic carbocycles. The third-order valence-corrected chi connectivity index (χ3v) is 3.61. The van der Waals surface area contributed by atoms with Crippen LogP contribution in [0.15, 0.2) is 63.8 Å². The van der Waals surface area contributed by atoms with E-state index in [-0.39, 0.29) is 6.61 Å². The smallest absolute Gasteiger partial charge is 0.331 e. The Morgan fingerprint density at radius 3 is 2.91 bits per heavy atom. The van der Waals surface area contributed by atoms with Gasteiger partial charge in [0.25, 0.3) is 0 Å². The molecule has 5 heteroatoms. The largest absolute Gasteiger partial charge is 0.453 e. The summed E-state index contributed by atoms with van der Waals surface area (Å²) in [5, 5.41) is 3.90. The van der Waals surface area contributed by atoms with Crippen LogP contribution in [0.25, 0.3) is 17.4 Å². The Balaban J connectivity index is 1.56. The molecule has 0 bridgehead atoms. The van der Waals surface area contributed by atoms with Crippen molar-refractivity contribution in [3.05, 3.63) is 70.9 Å². The van der Waals surface area contributed by atoms with Crippen LogP contribution in [0.1, 0.15) is 11.5 Å². The fourth-order valence-electron chi connectivity index (χ4n) is 1.83. The Hall–Kier alpha value is -2.66. The molecule has 3 rings (SSSR count). The number of hydrogen-bond donors (Lipinski definition) is 0. The molecule has 0 spiro atoms. The highest BCUT2D eigenvalue weighted by Gasteiger charge is 2.07. The maximum Gasteiger partial charge on any atom is 0.331 e. The fourth-order valence-corrected chi connectivity index (χ4v) is 2.46. The second-order valence-electron chi connectivity index (χ2n) is 4.48. The molecular weight excluding hydrogens is 298 g/mol. The van der Waals surface area contributed by atoms with Gasteiger partial charge in [0.1, 0.15) is 0 Å². The van der Waals surface area contributed by atoms with E-state index in [0.717, 1.165) is 11.1 Å². The monoisotopic (exact) mass is 311 g/mol. The van der Waals surface area contributed by atoms with Crippen molar-refractivity contribution in [1.82, 2.24) is 4.98 Å². The summed E-state index contributed by atoms with van der Waals surface area (Å²) in [6.45, 7) is 0.0135. The number of benzene rings is 1. The van der Waals surface area contributed by atoms with Gasteiger partial charge in [-0.2, -0.15) is 11.3 Å². The Morgan fingerprint density at radius 1 is 1.27 bits per heavy atom. The average molecular weight is 311 g/mol. The molecule has 110 valence electrons. The Kier molecular flexibility index (Phi) is 4.46. The summed E-state index contributed by atoms with van der Waals surface area (Å²) in [5.74, 6) is 0.599. The second-order valence-corrected chi connectivity index (χ2v) is 5.26. The van der Waals surface area contributed by atoms with Crippen LogP contribution < -0.4 is 0 Å². The summed E-state index contributed by atoms with van der Waals surface area (Å²) < 4.78 is 10.7. The van der Waals surface area contributed by atoms with Gasteiger partial charge in [0.2, 0.25) is 5.89 Å². The predicted molar refractivity (Wildman–Crippen MR) is 85.1 cm³/mol. The highest BCUT2D eigenvalue weighted by molar-refractivity contribution is 7.08. The molecule has 3 aromatic rings. The number of hydrogen-bond acceptors (Lipinski definition) is 5. The van der Waals surface area contributed by atoms with Crippen LogP contribution in [0.3, 0.4) is 0 Å². The number of rotatable bonds is 5. The van der Waals surface area contributed by atoms with Crippen molar-refractivity contribution in [2.75, 3.05) is 0 Å². The highest BCUT2D eigenvalue weighted by Crippen LogP contribution is 2.20. The number of thiophene rings is 1. The van der Waals surface area contributed by atoms with Crippen LogP contribution in [-0.4, -0.2) is 11.0 Å². The van der Waals surface area contributed by atoms with Gasteiger partial charge in [-0.25, -0.2) is 9.78 Å². The Labute approximate surface area is 131 Å². The van der Waals surface area contributed by atoms with E-state index in [9.17, 15) is 4.79 Å². The lowest BCUT2D eigenvalue weighted by Crippen LogP contribution is -2.00. The summed E-state index contributed by atoms with van der Waals surface area (Å²) in [6, 6.07) is 11.6. The first-order valence-electron chi connectivity index (χ1n) is 6.68. The number of oxazole rings is 1. The van der Waals surface area contributed by atoms with E-state index < -0.39 is 5.97 Å². The van der Waals surface area contributed by atoms with Crippen LogP contribution in [0.5, 0.6) is 0 Å². The molecule has 0 N–H and O–H groups in total. The van der Waals surface area contributed by atoms with Gasteiger partial charge in [-0.05, 0) is 28.5 Å². The van der Waals surface area contributed by atoms with Crippen molar-refractivity contribution < 1.29 is 13.9 Å². The van der Waals surface area contributed by atoms with Gasteiger partial charge in [-0.3, -0.25) is 0 Å². The molecule has 0 fully saturated rings. The van der Waals surface area contributed by atoms with Gasteiger partial charge in [0.15, 0.2) is 12.4 Å².